The molecule has 6 nitrogen and oxygen atoms in total. The van der Waals surface area contributed by atoms with Crippen LogP contribution in [0.3, 0.4) is 0 Å². The summed E-state index contributed by atoms with van der Waals surface area (Å²) in [5.41, 5.74) is 0.705. The summed E-state index contributed by atoms with van der Waals surface area (Å²) in [6.07, 6.45) is 3.43. The molecule has 0 aliphatic carbocycles. The quantitative estimate of drug-likeness (QED) is 0.289. The van der Waals surface area contributed by atoms with Crippen LogP contribution in [0.15, 0.2) is 75.1 Å². The second-order valence-corrected chi connectivity index (χ2v) is 11.9. The van der Waals surface area contributed by atoms with Crippen molar-refractivity contribution in [2.24, 2.45) is 0 Å². The van der Waals surface area contributed by atoms with E-state index in [1.807, 2.05) is 61.6 Å². The number of pyridine rings is 2. The van der Waals surface area contributed by atoms with Crippen LogP contribution in [0, 0.1) is 0 Å². The lowest BCUT2D eigenvalue weighted by Crippen LogP contribution is -2.41. The molecule has 0 amide bonds. The van der Waals surface area contributed by atoms with E-state index in [0.29, 0.717) is 11.5 Å². The molecule has 39 heavy (non-hydrogen) atoms. The number of nitrogens with zero attached hydrogens (tertiary/aromatic N) is 2. The van der Waals surface area contributed by atoms with Crippen molar-refractivity contribution >= 4 is 51.2 Å². The number of aromatic nitrogens is 2. The van der Waals surface area contributed by atoms with E-state index < -0.39 is 23.2 Å². The molecule has 0 atom stereocenters. The maximum Gasteiger partial charge on any atom is 0.496 e. The number of halogens is 4. The lowest BCUT2D eigenvalue weighted by atomic mass is 9.80. The Bertz CT molecular complexity index is 1270. The van der Waals surface area contributed by atoms with Crippen molar-refractivity contribution in [3.63, 3.8) is 0 Å². The van der Waals surface area contributed by atoms with Gasteiger partial charge in [-0.15, -0.1) is 11.7 Å². The highest BCUT2D eigenvalue weighted by molar-refractivity contribution is 9.10. The minimum absolute atomic E-state index is 0.00438. The summed E-state index contributed by atoms with van der Waals surface area (Å²) in [5, 5.41) is 2.93. The molecule has 0 radical (unpaired) electrons. The van der Waals surface area contributed by atoms with Gasteiger partial charge in [0, 0.05) is 30.2 Å². The zero-order chi connectivity index (χ0) is 29.6. The minimum Gasteiger partial charge on any atom is -0.399 e. The zero-order valence-corrected chi connectivity index (χ0v) is 25.9. The van der Waals surface area contributed by atoms with Crippen LogP contribution >= 0.6 is 27.1 Å². The van der Waals surface area contributed by atoms with Crippen LogP contribution in [0.4, 0.5) is 23.2 Å². The molecule has 12 heteroatoms. The maximum absolute atomic E-state index is 12.5. The Balaban J connectivity index is 0.000000258. The number of anilines is 2. The average molecular weight is 630 g/mol. The Morgan fingerprint density at radius 3 is 2.03 bits per heavy atom. The number of hydrogen-bond donors (Lipinski definition) is 1. The van der Waals surface area contributed by atoms with Gasteiger partial charge in [-0.2, -0.15) is 0 Å². The first kappa shape index (κ1) is 32.9. The number of benzene rings is 1. The molecule has 4 rings (SSSR count). The van der Waals surface area contributed by atoms with Crippen molar-refractivity contribution in [3.05, 3.63) is 75.8 Å². The first-order valence-corrected chi connectivity index (χ1v) is 14.7. The van der Waals surface area contributed by atoms with Gasteiger partial charge in [0.1, 0.15) is 5.82 Å². The van der Waals surface area contributed by atoms with E-state index in [1.165, 1.54) is 12.1 Å². The topological polar surface area (TPSA) is 65.4 Å². The molecule has 214 valence electrons. The summed E-state index contributed by atoms with van der Waals surface area (Å²) in [7, 11) is -0.421. The lowest BCUT2D eigenvalue weighted by molar-refractivity contribution is 0.00578. The summed E-state index contributed by atoms with van der Waals surface area (Å²) in [6, 6.07) is 11.9. The van der Waals surface area contributed by atoms with Crippen molar-refractivity contribution in [1.29, 1.82) is 0 Å². The van der Waals surface area contributed by atoms with Crippen LogP contribution in [0.25, 0.3) is 0 Å². The molecule has 0 saturated carbocycles. The Labute approximate surface area is 239 Å². The second kappa shape index (κ2) is 13.4. The van der Waals surface area contributed by atoms with Gasteiger partial charge in [-0.25, -0.2) is 4.98 Å². The summed E-state index contributed by atoms with van der Waals surface area (Å²) in [4.78, 5) is 15.2. The molecule has 2 aromatic heterocycles. The van der Waals surface area contributed by atoms with Gasteiger partial charge in [0.15, 0.2) is 0 Å². The van der Waals surface area contributed by atoms with Crippen LogP contribution in [-0.2, 0) is 9.31 Å². The zero-order valence-electron chi connectivity index (χ0n) is 23.5. The van der Waals surface area contributed by atoms with Gasteiger partial charge in [-0.3, -0.25) is 4.79 Å². The van der Waals surface area contributed by atoms with E-state index in [4.69, 9.17) is 9.31 Å². The van der Waals surface area contributed by atoms with Crippen LogP contribution in [0.5, 0.6) is 0 Å². The molecule has 1 fully saturated rings. The highest BCUT2D eigenvalue weighted by atomic mass is 79.9. The van der Waals surface area contributed by atoms with Gasteiger partial charge >= 0.3 is 7.12 Å². The maximum atomic E-state index is 12.5. The van der Waals surface area contributed by atoms with Crippen LogP contribution in [0.1, 0.15) is 61.4 Å². The summed E-state index contributed by atoms with van der Waals surface area (Å²) < 4.78 is 51.8. The van der Waals surface area contributed by atoms with Gasteiger partial charge in [0.2, 0.25) is 11.2 Å². The fourth-order valence-corrected chi connectivity index (χ4v) is 4.15. The number of rotatable bonds is 5. The number of nitrogens with one attached hydrogen (secondary N) is 1. The molecule has 1 N–H and O–H groups in total. The first-order chi connectivity index (χ1) is 18.1. The Kier molecular flexibility index (Phi) is 11.3. The third kappa shape index (κ3) is 8.60. The average Bonchev–Trinajstić information content (AvgIpc) is 3.08. The molecular formula is C27H36BBrF3N3O3S. The Morgan fingerprint density at radius 1 is 0.974 bits per heavy atom. The van der Waals surface area contributed by atoms with E-state index in [9.17, 15) is 16.5 Å². The first-order valence-electron chi connectivity index (χ1n) is 12.6. The highest BCUT2D eigenvalue weighted by Crippen LogP contribution is 2.60. The van der Waals surface area contributed by atoms with Gasteiger partial charge in [-0.05, 0) is 99.3 Å². The van der Waals surface area contributed by atoms with Gasteiger partial charge in [0.05, 0.1) is 20.6 Å². The highest BCUT2D eigenvalue weighted by Gasteiger charge is 2.51. The molecule has 3 aromatic rings. The molecule has 0 unspecified atom stereocenters. The molecule has 1 aliphatic rings. The van der Waals surface area contributed by atoms with Crippen molar-refractivity contribution in [1.82, 2.24) is 9.55 Å². The lowest BCUT2D eigenvalue weighted by Gasteiger charge is -2.32. The molecule has 0 spiro atoms. The van der Waals surface area contributed by atoms with E-state index in [1.54, 1.807) is 35.0 Å². The van der Waals surface area contributed by atoms with Crippen molar-refractivity contribution in [3.8, 4) is 0 Å². The Morgan fingerprint density at radius 2 is 1.54 bits per heavy atom. The van der Waals surface area contributed by atoms with Crippen LogP contribution in [0.2, 0.25) is 0 Å². The summed E-state index contributed by atoms with van der Waals surface area (Å²) in [6.45, 7) is 16.0. The molecule has 0 bridgehead atoms. The third-order valence-electron chi connectivity index (χ3n) is 6.19. The van der Waals surface area contributed by atoms with E-state index in [-0.39, 0.29) is 22.8 Å². The predicted molar refractivity (Wildman–Crippen MR) is 159 cm³/mol. The molecule has 3 heterocycles. The van der Waals surface area contributed by atoms with E-state index in [2.05, 4.69) is 26.2 Å². The monoisotopic (exact) mass is 629 g/mol. The van der Waals surface area contributed by atoms with Crippen LogP contribution in [-0.4, -0.2) is 27.9 Å². The van der Waals surface area contributed by atoms with Crippen LogP contribution < -0.4 is 16.3 Å². The van der Waals surface area contributed by atoms with Gasteiger partial charge in [-0.1, -0.05) is 19.9 Å². The predicted octanol–water partition coefficient (Wildman–Crippen LogP) is 8.16. The molecule has 1 saturated heterocycles. The van der Waals surface area contributed by atoms with Crippen molar-refractivity contribution < 1.29 is 21.0 Å². The normalized spacial score (nSPS) is 16.1. The Hall–Kier alpha value is -2.28. The largest absolute Gasteiger partial charge is 0.496 e. The standard InChI is InChI=1S/C14H22BNO3.C11H8BrF3N2S.C2H6/c1-10(2)16-9-11(7-8-12(16)17)15-18-13(3,4)14(5,6)19-15;12-10-2-1-7-16-11(10)17-8-3-5-9(6-4-8)18(13,14)15;1-2/h7-10H,1-6H3;1-7H,(H,16,17);1-2H3. The second-order valence-electron chi connectivity index (χ2n) is 9.78. The number of hydrogen-bond acceptors (Lipinski definition) is 5. The van der Waals surface area contributed by atoms with Crippen molar-refractivity contribution in [2.45, 2.75) is 77.5 Å². The van der Waals surface area contributed by atoms with E-state index in [0.717, 1.165) is 22.1 Å². The van der Waals surface area contributed by atoms with Crippen molar-refractivity contribution in [2.75, 3.05) is 5.32 Å². The minimum atomic E-state index is -5.15. The smallest absolute Gasteiger partial charge is 0.399 e. The third-order valence-corrected chi connectivity index (χ3v) is 7.63. The van der Waals surface area contributed by atoms with E-state index >= 15 is 0 Å². The molecular weight excluding hydrogens is 594 g/mol. The fraction of sp³-hybridized carbons (Fsp3) is 0.407. The molecule has 1 aliphatic heterocycles. The SMILES string of the molecule is CC.CC(C)n1cc(B2OC(C)(C)C(C)(C)O2)ccc1=O.FS(F)(F)c1ccc(Nc2ncccc2Br)cc1. The molecule has 1 aromatic carbocycles. The fourth-order valence-electron chi connectivity index (χ4n) is 3.35. The summed E-state index contributed by atoms with van der Waals surface area (Å²) in [5.74, 6) is 0.560. The van der Waals surface area contributed by atoms with Gasteiger partial charge in [0.25, 0.3) is 5.56 Å². The van der Waals surface area contributed by atoms with Gasteiger partial charge < -0.3 is 19.2 Å². The summed E-state index contributed by atoms with van der Waals surface area (Å²) >= 11 is -1.85.